The van der Waals surface area contributed by atoms with Crippen LogP contribution in [0.15, 0.2) is 48.7 Å². The maximum Gasteiger partial charge on any atom is 0.410 e. The molecule has 4 heterocycles. The highest BCUT2D eigenvalue weighted by molar-refractivity contribution is 5.98. The lowest BCUT2D eigenvalue weighted by atomic mass is 10.0. The molecule has 0 aliphatic carbocycles. The number of carbonyl (C=O) groups is 4. The van der Waals surface area contributed by atoms with Crippen LogP contribution in [0.3, 0.4) is 0 Å². The first-order valence-electron chi connectivity index (χ1n) is 15.7. The van der Waals surface area contributed by atoms with Crippen LogP contribution in [0.25, 0.3) is 22.0 Å². The Morgan fingerprint density at radius 3 is 1.76 bits per heavy atom. The Labute approximate surface area is 268 Å². The molecule has 12 nitrogen and oxygen atoms in total. The average molecular weight is 631 g/mol. The van der Waals surface area contributed by atoms with Crippen molar-refractivity contribution in [2.75, 3.05) is 23.7 Å². The normalized spacial score (nSPS) is 18.4. The number of aromatic nitrogens is 2. The first kappa shape index (κ1) is 32.6. The minimum absolute atomic E-state index is 0.296. The molecule has 46 heavy (non-hydrogen) atoms. The van der Waals surface area contributed by atoms with E-state index in [1.54, 1.807) is 59.9 Å². The summed E-state index contributed by atoms with van der Waals surface area (Å²) in [7, 11) is 0. The summed E-state index contributed by atoms with van der Waals surface area (Å²) in [6, 6.07) is 11.7. The molecule has 0 radical (unpaired) electrons. The Bertz CT molecular complexity index is 1630. The minimum atomic E-state index is -0.643. The van der Waals surface area contributed by atoms with Gasteiger partial charge in [0, 0.05) is 30.2 Å². The topological polar surface area (TPSA) is 143 Å². The molecule has 2 atom stereocenters. The number of hydrogen-bond acceptors (Lipinski definition) is 8. The van der Waals surface area contributed by atoms with Crippen LogP contribution in [0.2, 0.25) is 0 Å². The molecule has 2 saturated heterocycles. The summed E-state index contributed by atoms with van der Waals surface area (Å²) in [4.78, 5) is 63.3. The van der Waals surface area contributed by atoms with E-state index in [4.69, 9.17) is 9.47 Å². The van der Waals surface area contributed by atoms with Crippen molar-refractivity contribution in [1.82, 2.24) is 19.8 Å². The first-order valence-corrected chi connectivity index (χ1v) is 15.7. The van der Waals surface area contributed by atoms with Crippen molar-refractivity contribution in [2.45, 2.75) is 90.5 Å². The highest BCUT2D eigenvalue weighted by Gasteiger charge is 2.38. The summed E-state index contributed by atoms with van der Waals surface area (Å²) in [5.41, 5.74) is 1.16. The predicted octanol–water partition coefficient (Wildman–Crippen LogP) is 5.97. The number of pyridine rings is 2. The van der Waals surface area contributed by atoms with E-state index < -0.39 is 35.5 Å². The number of nitrogens with one attached hydrogen (secondary N) is 2. The molecule has 5 rings (SSSR count). The molecule has 0 saturated carbocycles. The van der Waals surface area contributed by atoms with Crippen molar-refractivity contribution in [2.24, 2.45) is 0 Å². The zero-order valence-electron chi connectivity index (χ0n) is 27.3. The van der Waals surface area contributed by atoms with Gasteiger partial charge in [-0.2, -0.15) is 0 Å². The Hall–Kier alpha value is -4.74. The molecule has 2 N–H and O–H groups in total. The lowest BCUT2D eigenvalue weighted by Crippen LogP contribution is -2.45. The van der Waals surface area contributed by atoms with Gasteiger partial charge in [-0.1, -0.05) is 6.07 Å². The number of rotatable bonds is 5. The van der Waals surface area contributed by atoms with E-state index in [-0.39, 0.29) is 11.8 Å². The molecular weight excluding hydrogens is 588 g/mol. The molecule has 0 spiro atoms. The fraction of sp³-hybridized carbons (Fsp3) is 0.471. The van der Waals surface area contributed by atoms with Crippen LogP contribution in [0.1, 0.15) is 67.2 Å². The average Bonchev–Trinajstić information content (AvgIpc) is 3.66. The highest BCUT2D eigenvalue weighted by Crippen LogP contribution is 2.27. The maximum atomic E-state index is 13.1. The van der Waals surface area contributed by atoms with E-state index in [1.807, 2.05) is 30.3 Å². The van der Waals surface area contributed by atoms with Gasteiger partial charge in [-0.05, 0) is 109 Å². The van der Waals surface area contributed by atoms with Gasteiger partial charge in [0.2, 0.25) is 11.8 Å². The van der Waals surface area contributed by atoms with Crippen LogP contribution < -0.4 is 10.6 Å². The van der Waals surface area contributed by atoms with Crippen molar-refractivity contribution < 1.29 is 28.7 Å². The van der Waals surface area contributed by atoms with Crippen LogP contribution >= 0.6 is 0 Å². The fourth-order valence-electron chi connectivity index (χ4n) is 5.59. The third kappa shape index (κ3) is 7.91. The first-order chi connectivity index (χ1) is 21.7. The zero-order chi connectivity index (χ0) is 33.2. The van der Waals surface area contributed by atoms with Gasteiger partial charge in [0.15, 0.2) is 0 Å². The number of benzene rings is 1. The standard InChI is InChI=1S/C34H42N6O6/c1-33(2,3)45-31(43)39-17-7-9-25(39)29(41)37-27-15-13-23(20-35-27)21-11-14-24-22(19-21)12-16-28(36-24)38-30(42)26-10-8-18-40(26)32(44)46-34(4,5)6/h11-16,19-20,25-26H,7-10,17-18H2,1-6H3,(H,35,37,41)(H,36,38,42). The highest BCUT2D eigenvalue weighted by atomic mass is 16.6. The monoisotopic (exact) mass is 630 g/mol. The van der Waals surface area contributed by atoms with E-state index in [2.05, 4.69) is 20.6 Å². The number of ether oxygens (including phenoxy) is 2. The van der Waals surface area contributed by atoms with Crippen LogP contribution in [-0.2, 0) is 19.1 Å². The van der Waals surface area contributed by atoms with Crippen LogP contribution in [-0.4, -0.2) is 80.1 Å². The molecule has 0 bridgehead atoms. The van der Waals surface area contributed by atoms with Gasteiger partial charge in [-0.25, -0.2) is 19.6 Å². The Morgan fingerprint density at radius 2 is 1.24 bits per heavy atom. The third-order valence-electron chi connectivity index (χ3n) is 7.66. The maximum absolute atomic E-state index is 13.1. The number of carbonyl (C=O) groups excluding carboxylic acids is 4. The van der Waals surface area contributed by atoms with Crippen molar-refractivity contribution in [1.29, 1.82) is 0 Å². The molecule has 2 unspecified atom stereocenters. The second kappa shape index (κ2) is 12.9. The lowest BCUT2D eigenvalue weighted by Gasteiger charge is -2.28. The molecular formula is C34H42N6O6. The molecule has 2 aliphatic heterocycles. The Morgan fingerprint density at radius 1 is 0.717 bits per heavy atom. The van der Waals surface area contributed by atoms with Crippen molar-refractivity contribution in [3.63, 3.8) is 0 Å². The number of anilines is 2. The summed E-state index contributed by atoms with van der Waals surface area (Å²) in [5, 5.41) is 6.55. The van der Waals surface area contributed by atoms with Gasteiger partial charge in [0.05, 0.1) is 5.52 Å². The smallest absolute Gasteiger partial charge is 0.410 e. The van der Waals surface area contributed by atoms with E-state index in [1.165, 1.54) is 9.80 Å². The van der Waals surface area contributed by atoms with Crippen LogP contribution in [0.5, 0.6) is 0 Å². The molecule has 2 aliphatic rings. The number of amides is 4. The van der Waals surface area contributed by atoms with Crippen molar-refractivity contribution >= 4 is 46.5 Å². The molecule has 244 valence electrons. The molecule has 2 fully saturated rings. The summed E-state index contributed by atoms with van der Waals surface area (Å²) >= 11 is 0. The Balaban J connectivity index is 1.21. The van der Waals surface area contributed by atoms with Gasteiger partial charge < -0.3 is 20.1 Å². The summed E-state index contributed by atoms with van der Waals surface area (Å²) < 4.78 is 10.9. The van der Waals surface area contributed by atoms with Gasteiger partial charge >= 0.3 is 12.2 Å². The third-order valence-corrected chi connectivity index (χ3v) is 7.66. The van der Waals surface area contributed by atoms with Gasteiger partial charge in [0.25, 0.3) is 0 Å². The largest absolute Gasteiger partial charge is 0.444 e. The number of likely N-dealkylation sites (tertiary alicyclic amines) is 2. The number of fused-ring (bicyclic) bond motifs is 1. The summed E-state index contributed by atoms with van der Waals surface area (Å²) in [6.07, 6.45) is 3.26. The van der Waals surface area contributed by atoms with E-state index >= 15 is 0 Å². The molecule has 4 amide bonds. The lowest BCUT2D eigenvalue weighted by molar-refractivity contribution is -0.121. The Kier molecular flexibility index (Phi) is 9.18. The van der Waals surface area contributed by atoms with Gasteiger partial charge in [-0.3, -0.25) is 19.4 Å². The second-order valence-electron chi connectivity index (χ2n) is 13.7. The van der Waals surface area contributed by atoms with Crippen LogP contribution in [0.4, 0.5) is 21.2 Å². The molecule has 1 aromatic carbocycles. The summed E-state index contributed by atoms with van der Waals surface area (Å²) in [5.74, 6) is 0.194. The van der Waals surface area contributed by atoms with Gasteiger partial charge in [-0.15, -0.1) is 0 Å². The molecule has 12 heteroatoms. The van der Waals surface area contributed by atoms with Crippen molar-refractivity contribution in [3.8, 4) is 11.1 Å². The molecule has 2 aromatic heterocycles. The number of hydrogen-bond donors (Lipinski definition) is 2. The predicted molar refractivity (Wildman–Crippen MR) is 174 cm³/mol. The van der Waals surface area contributed by atoms with E-state index in [0.29, 0.717) is 43.1 Å². The summed E-state index contributed by atoms with van der Waals surface area (Å²) in [6.45, 7) is 11.7. The van der Waals surface area contributed by atoms with Crippen LogP contribution in [0, 0.1) is 0 Å². The van der Waals surface area contributed by atoms with Crippen molar-refractivity contribution in [3.05, 3.63) is 48.7 Å². The molecule has 3 aromatic rings. The fourth-order valence-corrected chi connectivity index (χ4v) is 5.59. The van der Waals surface area contributed by atoms with E-state index in [9.17, 15) is 19.2 Å². The number of nitrogens with zero attached hydrogens (tertiary/aromatic N) is 4. The second-order valence-corrected chi connectivity index (χ2v) is 13.7. The zero-order valence-corrected chi connectivity index (χ0v) is 27.3. The quantitative estimate of drug-likeness (QED) is 0.351. The minimum Gasteiger partial charge on any atom is -0.444 e. The SMILES string of the molecule is CC(C)(C)OC(=O)N1CCCC1C(=O)Nc1ccc(-c2ccc3nc(NC(=O)C4CCCN4C(=O)OC(C)(C)C)ccc3c2)cn1. The van der Waals surface area contributed by atoms with Gasteiger partial charge in [0.1, 0.15) is 34.9 Å². The van der Waals surface area contributed by atoms with E-state index in [0.717, 1.165) is 29.4 Å².